The summed E-state index contributed by atoms with van der Waals surface area (Å²) in [5, 5.41) is 2.72. The minimum atomic E-state index is -4.11. The molecular weight excluding hydrogens is 444 g/mol. The Morgan fingerprint density at radius 3 is 2.03 bits per heavy atom. The molecule has 33 heavy (non-hydrogen) atoms. The normalized spacial score (nSPS) is 10.9. The van der Waals surface area contributed by atoms with Gasteiger partial charge >= 0.3 is 0 Å². The first kappa shape index (κ1) is 23.9. The number of rotatable bonds is 9. The zero-order chi connectivity index (χ0) is 24.0. The van der Waals surface area contributed by atoms with Crippen LogP contribution in [0.5, 0.6) is 17.2 Å². The quantitative estimate of drug-likeness (QED) is 0.511. The molecule has 0 bridgehead atoms. The van der Waals surface area contributed by atoms with Crippen LogP contribution in [0.4, 0.5) is 11.4 Å². The molecule has 0 saturated carbocycles. The molecule has 1 N–H and O–H groups in total. The summed E-state index contributed by atoms with van der Waals surface area (Å²) in [5.41, 5.74) is 1.60. The first-order chi connectivity index (χ1) is 15.8. The van der Waals surface area contributed by atoms with Crippen molar-refractivity contribution in [1.82, 2.24) is 0 Å². The first-order valence-electron chi connectivity index (χ1n) is 10.0. The van der Waals surface area contributed by atoms with Gasteiger partial charge in [0.1, 0.15) is 23.8 Å². The van der Waals surface area contributed by atoms with Gasteiger partial charge in [-0.3, -0.25) is 9.10 Å². The van der Waals surface area contributed by atoms with E-state index in [9.17, 15) is 13.2 Å². The van der Waals surface area contributed by atoms with Crippen molar-refractivity contribution in [3.63, 3.8) is 0 Å². The Balaban J connectivity index is 2.01. The van der Waals surface area contributed by atoms with E-state index in [0.717, 1.165) is 9.87 Å². The van der Waals surface area contributed by atoms with E-state index >= 15 is 0 Å². The molecule has 3 aromatic carbocycles. The van der Waals surface area contributed by atoms with Gasteiger partial charge < -0.3 is 19.5 Å². The number of hydrogen-bond acceptors (Lipinski definition) is 6. The third-order valence-corrected chi connectivity index (χ3v) is 6.70. The maximum Gasteiger partial charge on any atom is 0.264 e. The van der Waals surface area contributed by atoms with Crippen LogP contribution in [0.2, 0.25) is 0 Å². The van der Waals surface area contributed by atoms with Crippen LogP contribution in [-0.4, -0.2) is 42.2 Å². The number of nitrogens with zero attached hydrogens (tertiary/aromatic N) is 1. The van der Waals surface area contributed by atoms with Gasteiger partial charge in [0, 0.05) is 11.8 Å². The highest BCUT2D eigenvalue weighted by Crippen LogP contribution is 2.35. The number of carbonyl (C=O) groups is 1. The maximum atomic E-state index is 13.6. The monoisotopic (exact) mass is 470 g/mol. The summed E-state index contributed by atoms with van der Waals surface area (Å²) in [5.74, 6) is 0.813. The molecule has 0 spiro atoms. The Morgan fingerprint density at radius 1 is 0.848 bits per heavy atom. The number of anilines is 2. The minimum Gasteiger partial charge on any atom is -0.497 e. The molecule has 1 amide bonds. The van der Waals surface area contributed by atoms with Crippen LogP contribution in [0.25, 0.3) is 0 Å². The number of sulfonamides is 1. The molecule has 0 heterocycles. The zero-order valence-corrected chi connectivity index (χ0v) is 19.7. The number of benzene rings is 3. The molecule has 0 aliphatic heterocycles. The van der Waals surface area contributed by atoms with E-state index in [1.54, 1.807) is 55.6 Å². The lowest BCUT2D eigenvalue weighted by molar-refractivity contribution is -0.114. The Bertz CT molecular complexity index is 1210. The number of hydrogen-bond donors (Lipinski definition) is 1. The minimum absolute atomic E-state index is 0.0511. The Hall–Kier alpha value is -3.72. The standard InChI is InChI=1S/C24H26N2O6S/c1-17-5-12-21(13-6-17)33(28,29)26(22-15-20(31-3)11-14-23(22)32-4)16-24(27)25-18-7-9-19(30-2)10-8-18/h5-15H,16H2,1-4H3,(H,25,27). The van der Waals surface area contributed by atoms with Crippen molar-refractivity contribution in [1.29, 1.82) is 0 Å². The number of nitrogens with one attached hydrogen (secondary N) is 1. The molecule has 0 aliphatic carbocycles. The maximum absolute atomic E-state index is 13.6. The first-order valence-corrected chi connectivity index (χ1v) is 11.5. The summed E-state index contributed by atoms with van der Waals surface area (Å²) in [7, 11) is 0.338. The molecule has 9 heteroatoms. The Morgan fingerprint density at radius 2 is 1.45 bits per heavy atom. The summed E-state index contributed by atoms with van der Waals surface area (Å²) in [4.78, 5) is 13.0. The smallest absolute Gasteiger partial charge is 0.264 e. The van der Waals surface area contributed by atoms with Gasteiger partial charge in [-0.15, -0.1) is 0 Å². The van der Waals surface area contributed by atoms with Gasteiger partial charge in [-0.2, -0.15) is 0 Å². The van der Waals surface area contributed by atoms with Crippen molar-refractivity contribution in [2.45, 2.75) is 11.8 Å². The summed E-state index contributed by atoms with van der Waals surface area (Å²) >= 11 is 0. The van der Waals surface area contributed by atoms with Gasteiger partial charge in [0.25, 0.3) is 10.0 Å². The van der Waals surface area contributed by atoms with Crippen LogP contribution in [0.15, 0.2) is 71.6 Å². The summed E-state index contributed by atoms with van der Waals surface area (Å²) in [6.07, 6.45) is 0. The van der Waals surface area contributed by atoms with Gasteiger partial charge in [0.15, 0.2) is 0 Å². The highest BCUT2D eigenvalue weighted by Gasteiger charge is 2.30. The van der Waals surface area contributed by atoms with Crippen LogP contribution in [0.1, 0.15) is 5.56 Å². The van der Waals surface area contributed by atoms with E-state index in [1.165, 1.54) is 32.4 Å². The SMILES string of the molecule is COc1ccc(NC(=O)CN(c2cc(OC)ccc2OC)S(=O)(=O)c2ccc(C)cc2)cc1. The third kappa shape index (κ3) is 5.56. The van der Waals surface area contributed by atoms with Crippen LogP contribution >= 0.6 is 0 Å². The lowest BCUT2D eigenvalue weighted by atomic mass is 10.2. The number of amides is 1. The molecule has 0 fully saturated rings. The molecule has 0 radical (unpaired) electrons. The van der Waals surface area contributed by atoms with Gasteiger partial charge in [-0.25, -0.2) is 8.42 Å². The largest absolute Gasteiger partial charge is 0.497 e. The summed E-state index contributed by atoms with van der Waals surface area (Å²) in [6.45, 7) is 1.38. The van der Waals surface area contributed by atoms with E-state index in [2.05, 4.69) is 5.32 Å². The fraction of sp³-hybridized carbons (Fsp3) is 0.208. The van der Waals surface area contributed by atoms with Crippen molar-refractivity contribution in [3.05, 3.63) is 72.3 Å². The van der Waals surface area contributed by atoms with Crippen molar-refractivity contribution < 1.29 is 27.4 Å². The molecule has 0 saturated heterocycles. The molecule has 8 nitrogen and oxygen atoms in total. The Kier molecular flexibility index (Phi) is 7.44. The summed E-state index contributed by atoms with van der Waals surface area (Å²) in [6, 6.07) is 17.9. The van der Waals surface area contributed by atoms with E-state index in [1.807, 2.05) is 6.92 Å². The average molecular weight is 471 g/mol. The van der Waals surface area contributed by atoms with Gasteiger partial charge in [0.2, 0.25) is 5.91 Å². The summed E-state index contributed by atoms with van der Waals surface area (Å²) < 4.78 is 44.0. The van der Waals surface area contributed by atoms with E-state index in [0.29, 0.717) is 17.2 Å². The predicted octanol–water partition coefficient (Wildman–Crippen LogP) is 3.85. The van der Waals surface area contributed by atoms with Crippen molar-refractivity contribution in [2.75, 3.05) is 37.5 Å². The van der Waals surface area contributed by atoms with Crippen LogP contribution < -0.4 is 23.8 Å². The average Bonchev–Trinajstić information content (AvgIpc) is 2.82. The van der Waals surface area contributed by atoms with Gasteiger partial charge in [-0.1, -0.05) is 17.7 Å². The van der Waals surface area contributed by atoms with E-state index < -0.39 is 22.5 Å². The van der Waals surface area contributed by atoms with Crippen LogP contribution in [0.3, 0.4) is 0 Å². The number of aryl methyl sites for hydroxylation is 1. The molecule has 0 atom stereocenters. The van der Waals surface area contributed by atoms with Gasteiger partial charge in [-0.05, 0) is 55.5 Å². The lowest BCUT2D eigenvalue weighted by Crippen LogP contribution is -2.38. The van der Waals surface area contributed by atoms with Crippen LogP contribution in [0, 0.1) is 6.92 Å². The Labute approximate surface area is 193 Å². The van der Waals surface area contributed by atoms with Crippen molar-refractivity contribution in [3.8, 4) is 17.2 Å². The molecular formula is C24H26N2O6S. The fourth-order valence-corrected chi connectivity index (χ4v) is 4.56. The van der Waals surface area contributed by atoms with Crippen molar-refractivity contribution in [2.24, 2.45) is 0 Å². The highest BCUT2D eigenvalue weighted by atomic mass is 32.2. The second-order valence-corrected chi connectivity index (χ2v) is 9.00. The molecule has 3 aromatic rings. The molecule has 3 rings (SSSR count). The molecule has 174 valence electrons. The van der Waals surface area contributed by atoms with Crippen molar-refractivity contribution >= 4 is 27.3 Å². The molecule has 0 aromatic heterocycles. The van der Waals surface area contributed by atoms with Crippen LogP contribution in [-0.2, 0) is 14.8 Å². The highest BCUT2D eigenvalue weighted by molar-refractivity contribution is 7.92. The number of methoxy groups -OCH3 is 3. The predicted molar refractivity (Wildman–Crippen MR) is 127 cm³/mol. The second-order valence-electron chi connectivity index (χ2n) is 7.14. The third-order valence-electron chi connectivity index (χ3n) is 4.92. The van der Waals surface area contributed by atoms with E-state index in [4.69, 9.17) is 14.2 Å². The molecule has 0 aliphatic rings. The topological polar surface area (TPSA) is 94.2 Å². The molecule has 0 unspecified atom stereocenters. The second kappa shape index (κ2) is 10.3. The van der Waals surface area contributed by atoms with E-state index in [-0.39, 0.29) is 16.3 Å². The number of ether oxygens (including phenoxy) is 3. The lowest BCUT2D eigenvalue weighted by Gasteiger charge is -2.26. The van der Waals surface area contributed by atoms with Gasteiger partial charge in [0.05, 0.1) is 31.9 Å². The number of carbonyl (C=O) groups excluding carboxylic acids is 1. The fourth-order valence-electron chi connectivity index (χ4n) is 3.13. The zero-order valence-electron chi connectivity index (χ0n) is 18.9.